The fraction of sp³-hybridized carbons (Fsp3) is 0.467. The van der Waals surface area contributed by atoms with E-state index in [-0.39, 0.29) is 18.2 Å². The van der Waals surface area contributed by atoms with Gasteiger partial charge < -0.3 is 30.6 Å². The van der Waals surface area contributed by atoms with E-state index in [1.54, 1.807) is 18.9 Å². The van der Waals surface area contributed by atoms with Gasteiger partial charge >= 0.3 is 0 Å². The maximum Gasteiger partial charge on any atom is 0.265 e. The monoisotopic (exact) mass is 696 g/mol. The van der Waals surface area contributed by atoms with E-state index in [9.17, 15) is 29.4 Å². The first-order valence-corrected chi connectivity index (χ1v) is 19.2. The zero-order valence-corrected chi connectivity index (χ0v) is 28.0. The van der Waals surface area contributed by atoms with Gasteiger partial charge in [0.25, 0.3) is 23.6 Å². The molecule has 10 aliphatic rings. The molecule has 2 aromatic rings. The molecule has 2 spiro atoms. The van der Waals surface area contributed by atoms with Crippen molar-refractivity contribution in [1.82, 2.24) is 19.6 Å². The van der Waals surface area contributed by atoms with Gasteiger partial charge in [-0.1, -0.05) is 58.0 Å². The van der Waals surface area contributed by atoms with Gasteiger partial charge in [0, 0.05) is 31.9 Å². The van der Waals surface area contributed by atoms with Crippen LogP contribution in [-0.2, 0) is 30.0 Å². The first kappa shape index (κ1) is 28.3. The number of aliphatic hydroxyl groups is 2. The molecule has 16 heteroatoms. The fourth-order valence-electron chi connectivity index (χ4n) is 9.86. The molecule has 0 unspecified atom stereocenters. The molecule has 4 amide bonds. The molecule has 9 atom stereocenters. The Balaban J connectivity index is 1.32. The number of nitrogens with zero attached hydrogens (tertiary/aromatic N) is 4. The highest BCUT2D eigenvalue weighted by Crippen LogP contribution is 2.78. The number of aliphatic hydroxyl groups excluding tert-OH is 2. The van der Waals surface area contributed by atoms with Crippen LogP contribution in [0, 0.1) is 0 Å². The molecule has 0 aromatic heterocycles. The van der Waals surface area contributed by atoms with Gasteiger partial charge in [-0.3, -0.25) is 29.0 Å². The van der Waals surface area contributed by atoms with Crippen LogP contribution in [0.25, 0.3) is 0 Å². The summed E-state index contributed by atoms with van der Waals surface area (Å²) in [5, 5.41) is 31.1. The quantitative estimate of drug-likeness (QED) is 0.336. The Labute approximate surface area is 279 Å². The molecule has 12 rings (SSSR count). The number of carbonyl (C=O) groups excluding carboxylic acids is 4. The van der Waals surface area contributed by atoms with Crippen LogP contribution in [0.4, 0.5) is 11.4 Å². The molecule has 12 nitrogen and oxygen atoms in total. The van der Waals surface area contributed by atoms with Crippen LogP contribution in [0.2, 0.25) is 0 Å². The highest BCUT2D eigenvalue weighted by molar-refractivity contribution is 8.78. The van der Waals surface area contributed by atoms with Crippen molar-refractivity contribution in [3.8, 4) is 0 Å². The van der Waals surface area contributed by atoms with Crippen molar-refractivity contribution in [2.45, 2.75) is 62.1 Å². The lowest BCUT2D eigenvalue weighted by Crippen LogP contribution is -2.79. The predicted molar refractivity (Wildman–Crippen MR) is 175 cm³/mol. The Bertz CT molecular complexity index is 1890. The third kappa shape index (κ3) is 2.39. The molecule has 2 aromatic carbocycles. The second-order valence-electron chi connectivity index (χ2n) is 13.4. The van der Waals surface area contributed by atoms with Crippen LogP contribution in [0.15, 0.2) is 48.5 Å². The average molecular weight is 697 g/mol. The van der Waals surface area contributed by atoms with Gasteiger partial charge in [0.15, 0.2) is 9.74 Å². The normalized spacial score (nSPS) is 45.4. The van der Waals surface area contributed by atoms with Crippen molar-refractivity contribution in [3.05, 3.63) is 59.7 Å². The number of fused-ring (bicyclic) bond motifs is 11. The first-order chi connectivity index (χ1) is 21.9. The Morgan fingerprint density at radius 1 is 0.783 bits per heavy atom. The van der Waals surface area contributed by atoms with E-state index in [4.69, 9.17) is 0 Å². The van der Waals surface area contributed by atoms with E-state index in [2.05, 4.69) is 10.6 Å². The number of likely N-dealkylation sites (N-methyl/N-ethyl adjacent to an activating group) is 2. The van der Waals surface area contributed by atoms with Crippen LogP contribution in [0.1, 0.15) is 24.5 Å². The van der Waals surface area contributed by atoms with Crippen molar-refractivity contribution in [2.24, 2.45) is 0 Å². The molecule has 4 bridgehead atoms. The standard InChI is InChI=1S/C30H28N6O6S4/c1-25-21(39)35-19-26(14-8-4-6-10-16(14)31-19,12-27(35,44-43-25)22(40)33(25)2)29-15-9-5-7-11-17(15)32-20(29)36-23(41)28(13-37)34(3)24(42)30(36,18(29)38)46-45-28/h4-11,18-20,31-32,37-38H,12-13H2,1-3H3/t18-,19+,20+,25+,26-,27+,28+,29-,30-/m0/s1. The van der Waals surface area contributed by atoms with E-state index >= 15 is 0 Å². The SMILES string of the molecule is CN1C(=O)[C@]23C[C@]4([C@]56c7ccccc7N[C@@H]5N5C(=O)[C@@]7(CO)SS[C@]5(C(=O)N7C)[C@H]6O)c5ccccc5N[C@@H]4N2C(=O)[C@@]1(C)SS3. The summed E-state index contributed by atoms with van der Waals surface area (Å²) in [6.45, 7) is 1.17. The molecule has 0 saturated carbocycles. The minimum atomic E-state index is -1.74. The summed E-state index contributed by atoms with van der Waals surface area (Å²) < 4.78 is 0. The minimum absolute atomic E-state index is 0.131. The van der Waals surface area contributed by atoms with Crippen LogP contribution in [0.5, 0.6) is 0 Å². The van der Waals surface area contributed by atoms with Crippen LogP contribution >= 0.6 is 43.2 Å². The van der Waals surface area contributed by atoms with Gasteiger partial charge in [-0.25, -0.2) is 0 Å². The van der Waals surface area contributed by atoms with E-state index < -0.39 is 67.2 Å². The smallest absolute Gasteiger partial charge is 0.265 e. The van der Waals surface area contributed by atoms with Crippen LogP contribution in [0.3, 0.4) is 0 Å². The summed E-state index contributed by atoms with van der Waals surface area (Å²) in [4.78, 5) is 58.6. The first-order valence-electron chi connectivity index (χ1n) is 14.9. The van der Waals surface area contributed by atoms with Crippen LogP contribution in [-0.4, -0.2) is 112 Å². The Hall–Kier alpha value is -2.76. The van der Waals surface area contributed by atoms with Crippen molar-refractivity contribution in [3.63, 3.8) is 0 Å². The van der Waals surface area contributed by atoms with E-state index in [0.29, 0.717) is 11.3 Å². The third-order valence-electron chi connectivity index (χ3n) is 12.0. The lowest BCUT2D eigenvalue weighted by molar-refractivity contribution is -0.169. The fourth-order valence-corrected chi connectivity index (χ4v) is 17.0. The topological polar surface area (TPSA) is 146 Å². The maximum absolute atomic E-state index is 14.7. The molecular weight excluding hydrogens is 669 g/mol. The zero-order valence-electron chi connectivity index (χ0n) is 24.7. The summed E-state index contributed by atoms with van der Waals surface area (Å²) in [5.41, 5.74) is 0.336. The number of nitrogens with one attached hydrogen (secondary N) is 2. The van der Waals surface area contributed by atoms with Crippen molar-refractivity contribution < 1.29 is 29.4 Å². The lowest BCUT2D eigenvalue weighted by atomic mass is 9.53. The van der Waals surface area contributed by atoms with Crippen LogP contribution < -0.4 is 10.6 Å². The number of para-hydroxylation sites is 2. The summed E-state index contributed by atoms with van der Waals surface area (Å²) in [6.07, 6.45) is -3.11. The number of amides is 4. The third-order valence-corrected chi connectivity index (χ3v) is 19.4. The predicted octanol–water partition coefficient (Wildman–Crippen LogP) is 1.33. The van der Waals surface area contributed by atoms with Gasteiger partial charge in [-0.05, 0) is 51.8 Å². The molecule has 0 radical (unpaired) electrons. The molecule has 238 valence electrons. The Morgan fingerprint density at radius 3 is 2.15 bits per heavy atom. The minimum Gasteiger partial charge on any atom is -0.392 e. The van der Waals surface area contributed by atoms with E-state index in [1.807, 2.05) is 48.5 Å². The van der Waals surface area contributed by atoms with Gasteiger partial charge in [0.1, 0.15) is 18.4 Å². The van der Waals surface area contributed by atoms with Crippen molar-refractivity contribution >= 4 is 78.2 Å². The molecule has 8 fully saturated rings. The van der Waals surface area contributed by atoms with Gasteiger partial charge in [-0.15, -0.1) is 0 Å². The lowest BCUT2D eigenvalue weighted by Gasteiger charge is -2.58. The number of carbonyl (C=O) groups is 4. The molecule has 8 saturated heterocycles. The second-order valence-corrected chi connectivity index (χ2v) is 18.9. The van der Waals surface area contributed by atoms with E-state index in [0.717, 1.165) is 32.8 Å². The molecule has 10 heterocycles. The zero-order chi connectivity index (χ0) is 32.0. The molecule has 46 heavy (non-hydrogen) atoms. The number of piperazine rings is 2. The molecule has 10 aliphatic heterocycles. The maximum atomic E-state index is 14.7. The Kier molecular flexibility index (Phi) is 4.97. The molecule has 4 N–H and O–H groups in total. The van der Waals surface area contributed by atoms with Gasteiger partial charge in [0.05, 0.1) is 17.4 Å². The summed E-state index contributed by atoms with van der Waals surface area (Å²) in [6, 6.07) is 15.3. The van der Waals surface area contributed by atoms with Gasteiger partial charge in [-0.2, -0.15) is 0 Å². The number of rotatable bonds is 2. The summed E-state index contributed by atoms with van der Waals surface area (Å²) in [5.74, 6) is -1.35. The van der Waals surface area contributed by atoms with Gasteiger partial charge in [0.2, 0.25) is 9.74 Å². The highest BCUT2D eigenvalue weighted by atomic mass is 33.1. The van der Waals surface area contributed by atoms with E-state index in [1.165, 1.54) is 43.3 Å². The Morgan fingerprint density at radius 2 is 1.43 bits per heavy atom. The second kappa shape index (κ2) is 8.09. The number of anilines is 2. The van der Waals surface area contributed by atoms with Crippen molar-refractivity contribution in [2.75, 3.05) is 31.3 Å². The molecular formula is C30H28N6O6S4. The summed E-state index contributed by atoms with van der Waals surface area (Å²) >= 11 is 0. The number of hydrogen-bond acceptors (Lipinski definition) is 12. The van der Waals surface area contributed by atoms with Crippen molar-refractivity contribution in [1.29, 1.82) is 0 Å². The number of hydrogen-bond donors (Lipinski definition) is 4. The number of benzene rings is 2. The molecule has 0 aliphatic carbocycles. The highest BCUT2D eigenvalue weighted by Gasteiger charge is 2.90. The average Bonchev–Trinajstić information content (AvgIpc) is 3.73. The summed E-state index contributed by atoms with van der Waals surface area (Å²) in [7, 11) is 8.13. The largest absolute Gasteiger partial charge is 0.392 e.